The largest absolute Gasteiger partial charge is 0.478 e. The topological polar surface area (TPSA) is 104 Å². The number of hydrogen-bond donors (Lipinski definition) is 2. The zero-order chi connectivity index (χ0) is 21.7. The summed E-state index contributed by atoms with van der Waals surface area (Å²) in [6.07, 6.45) is 2.48. The second kappa shape index (κ2) is 13.1. The van der Waals surface area contributed by atoms with Gasteiger partial charge in [0, 0.05) is 24.5 Å². The van der Waals surface area contributed by atoms with Crippen molar-refractivity contribution < 1.29 is 29.3 Å². The van der Waals surface area contributed by atoms with Crippen LogP contribution in [0.3, 0.4) is 0 Å². The molecule has 0 aliphatic carbocycles. The quantitative estimate of drug-likeness (QED) is 0.496. The fraction of sp³-hybridized carbons (Fsp3) is 0.286. The summed E-state index contributed by atoms with van der Waals surface area (Å²) in [6.45, 7) is 9.90. The summed E-state index contributed by atoms with van der Waals surface area (Å²) >= 11 is 0. The lowest BCUT2D eigenvalue weighted by Gasteiger charge is -2.17. The van der Waals surface area contributed by atoms with Crippen molar-refractivity contribution in [1.29, 1.82) is 0 Å². The summed E-state index contributed by atoms with van der Waals surface area (Å²) in [5.74, 6) is -2.35. The number of carbonyl (C=O) groups excluding carboxylic acids is 1. The minimum atomic E-state index is -1.08. The van der Waals surface area contributed by atoms with Crippen molar-refractivity contribution in [2.45, 2.75) is 26.7 Å². The predicted molar refractivity (Wildman–Crippen MR) is 106 cm³/mol. The highest BCUT2D eigenvalue weighted by Crippen LogP contribution is 2.07. The molecule has 152 valence electrons. The van der Waals surface area contributed by atoms with Crippen molar-refractivity contribution in [1.82, 2.24) is 4.90 Å². The molecular formula is C21H27NO6. The number of carboxylic acid groups (broad SMARTS) is 2. The van der Waals surface area contributed by atoms with E-state index in [9.17, 15) is 14.4 Å². The molecule has 0 saturated carbocycles. The number of nitrogens with zero attached hydrogens (tertiary/aromatic N) is 1. The third kappa shape index (κ3) is 10.1. The van der Waals surface area contributed by atoms with E-state index in [2.05, 4.69) is 13.2 Å². The Hall–Kier alpha value is -3.19. The van der Waals surface area contributed by atoms with Crippen LogP contribution in [0.25, 0.3) is 0 Å². The van der Waals surface area contributed by atoms with Crippen molar-refractivity contribution in [3.63, 3.8) is 0 Å². The van der Waals surface area contributed by atoms with Gasteiger partial charge >= 0.3 is 11.9 Å². The van der Waals surface area contributed by atoms with E-state index in [1.54, 1.807) is 6.92 Å². The first-order valence-corrected chi connectivity index (χ1v) is 8.42. The Balaban J connectivity index is 0.000000525. The molecule has 0 bridgehead atoms. The van der Waals surface area contributed by atoms with Gasteiger partial charge in [-0.3, -0.25) is 9.69 Å². The lowest BCUT2D eigenvalue weighted by molar-refractivity contribution is -0.133. The van der Waals surface area contributed by atoms with E-state index in [1.807, 2.05) is 30.3 Å². The molecule has 0 aromatic heterocycles. The number of hydrogen-bond acceptors (Lipinski definition) is 4. The zero-order valence-electron chi connectivity index (χ0n) is 16.5. The molecule has 0 fully saturated rings. The predicted octanol–water partition coefficient (Wildman–Crippen LogP) is 3.24. The van der Waals surface area contributed by atoms with Gasteiger partial charge in [-0.1, -0.05) is 43.5 Å². The van der Waals surface area contributed by atoms with Crippen molar-refractivity contribution >= 4 is 17.8 Å². The molecule has 28 heavy (non-hydrogen) atoms. The van der Waals surface area contributed by atoms with Crippen molar-refractivity contribution in [3.8, 4) is 0 Å². The molecule has 1 aromatic rings. The maximum absolute atomic E-state index is 11.5. The monoisotopic (exact) mass is 389 g/mol. The highest BCUT2D eigenvalue weighted by atomic mass is 16.5. The molecule has 1 aromatic carbocycles. The third-order valence-corrected chi connectivity index (χ3v) is 3.44. The first-order valence-electron chi connectivity index (χ1n) is 8.42. The molecule has 1 rings (SSSR count). The van der Waals surface area contributed by atoms with Gasteiger partial charge in [0.1, 0.15) is 6.73 Å². The smallest absolute Gasteiger partial charge is 0.332 e. The number of rotatable bonds is 9. The van der Waals surface area contributed by atoms with Crippen LogP contribution < -0.4 is 0 Å². The average Bonchev–Trinajstić information content (AvgIpc) is 2.66. The van der Waals surface area contributed by atoms with E-state index < -0.39 is 11.9 Å². The Kier molecular flexibility index (Phi) is 11.6. The molecule has 7 nitrogen and oxygen atoms in total. The first kappa shape index (κ1) is 24.8. The number of ether oxygens (including phenoxy) is 1. The summed E-state index contributed by atoms with van der Waals surface area (Å²) in [5, 5.41) is 17.2. The number of amides is 1. The number of carboxylic acids is 2. The number of methoxy groups -OCH3 is 1. The second-order valence-corrected chi connectivity index (χ2v) is 5.98. The molecule has 0 saturated heterocycles. The lowest BCUT2D eigenvalue weighted by Crippen LogP contribution is -2.29. The fourth-order valence-electron chi connectivity index (χ4n) is 1.87. The highest BCUT2D eigenvalue weighted by molar-refractivity contribution is 5.94. The van der Waals surface area contributed by atoms with Crippen LogP contribution in [-0.4, -0.2) is 46.8 Å². The molecule has 0 heterocycles. The van der Waals surface area contributed by atoms with E-state index in [1.165, 1.54) is 20.2 Å². The Morgan fingerprint density at radius 3 is 2.07 bits per heavy atom. The summed E-state index contributed by atoms with van der Waals surface area (Å²) in [7, 11) is 1.42. The van der Waals surface area contributed by atoms with Crippen molar-refractivity contribution in [2.24, 2.45) is 0 Å². The Morgan fingerprint density at radius 2 is 1.64 bits per heavy atom. The summed E-state index contributed by atoms with van der Waals surface area (Å²) in [6, 6.07) is 9.79. The van der Waals surface area contributed by atoms with Crippen molar-refractivity contribution in [2.75, 3.05) is 13.8 Å². The average molecular weight is 389 g/mol. The van der Waals surface area contributed by atoms with E-state index in [0.29, 0.717) is 12.0 Å². The molecule has 2 N–H and O–H groups in total. The summed E-state index contributed by atoms with van der Waals surface area (Å²) in [4.78, 5) is 33.6. The Morgan fingerprint density at radius 1 is 1.07 bits per heavy atom. The summed E-state index contributed by atoms with van der Waals surface area (Å²) < 4.78 is 4.78. The van der Waals surface area contributed by atoms with Gasteiger partial charge in [0.2, 0.25) is 0 Å². The van der Waals surface area contributed by atoms with Crippen LogP contribution in [0.5, 0.6) is 0 Å². The van der Waals surface area contributed by atoms with Crippen LogP contribution in [-0.2, 0) is 25.5 Å². The number of aryl methyl sites for hydroxylation is 1. The van der Waals surface area contributed by atoms with Gasteiger partial charge in [0.25, 0.3) is 5.91 Å². The second-order valence-electron chi connectivity index (χ2n) is 5.98. The van der Waals surface area contributed by atoms with Gasteiger partial charge in [-0.2, -0.15) is 0 Å². The molecule has 7 heteroatoms. The zero-order valence-corrected chi connectivity index (χ0v) is 16.5. The van der Waals surface area contributed by atoms with Crippen LogP contribution in [0.15, 0.2) is 66.4 Å². The van der Waals surface area contributed by atoms with Crippen LogP contribution in [0.2, 0.25) is 0 Å². The molecule has 0 unspecified atom stereocenters. The molecule has 0 aliphatic heterocycles. The standard InChI is InChI=1S/C11H12O2.C10H15NO4/c1-9(11(12)13)7-8-10-5-3-2-4-6-10;1-7(2)9(12)11(6-15-4)5-8(3)10(13)14/h2-6H,1,7-8H2,(H,12,13);5H,1,6H2,2-4H3,(H,13,14). The summed E-state index contributed by atoms with van der Waals surface area (Å²) in [5.41, 5.74) is 1.79. The minimum Gasteiger partial charge on any atom is -0.478 e. The Labute approximate surface area is 165 Å². The number of aliphatic carboxylic acids is 2. The fourth-order valence-corrected chi connectivity index (χ4v) is 1.87. The molecular weight excluding hydrogens is 362 g/mol. The molecule has 0 atom stereocenters. The van der Waals surface area contributed by atoms with Gasteiger partial charge in [0.15, 0.2) is 0 Å². The molecule has 0 aliphatic rings. The first-order chi connectivity index (χ1) is 13.1. The van der Waals surface area contributed by atoms with Crippen LogP contribution in [0.1, 0.15) is 25.8 Å². The maximum Gasteiger partial charge on any atom is 0.332 e. The maximum atomic E-state index is 11.5. The van der Waals surface area contributed by atoms with Gasteiger partial charge < -0.3 is 14.9 Å². The van der Waals surface area contributed by atoms with Crippen LogP contribution >= 0.6 is 0 Å². The third-order valence-electron chi connectivity index (χ3n) is 3.44. The number of carbonyl (C=O) groups is 3. The lowest BCUT2D eigenvalue weighted by atomic mass is 10.1. The Bertz CT molecular complexity index is 737. The van der Waals surface area contributed by atoms with Crippen molar-refractivity contribution in [3.05, 3.63) is 72.0 Å². The van der Waals surface area contributed by atoms with E-state index >= 15 is 0 Å². The SMILES string of the molecule is C=C(C)C(=O)N(C=C(C)C(=O)O)COC.C=C(CCc1ccccc1)C(=O)O. The molecule has 1 amide bonds. The van der Waals surface area contributed by atoms with Gasteiger partial charge in [-0.05, 0) is 32.3 Å². The normalized spacial score (nSPS) is 10.3. The molecule has 0 spiro atoms. The molecule has 0 radical (unpaired) electrons. The number of benzene rings is 1. The van der Waals surface area contributed by atoms with Gasteiger partial charge in [0.05, 0.1) is 5.57 Å². The van der Waals surface area contributed by atoms with Crippen LogP contribution in [0, 0.1) is 0 Å². The van der Waals surface area contributed by atoms with E-state index in [4.69, 9.17) is 14.9 Å². The minimum absolute atomic E-state index is 0.00366. The van der Waals surface area contributed by atoms with Gasteiger partial charge in [-0.15, -0.1) is 0 Å². The van der Waals surface area contributed by atoms with Gasteiger partial charge in [-0.25, -0.2) is 9.59 Å². The van der Waals surface area contributed by atoms with E-state index in [-0.39, 0.29) is 23.8 Å². The van der Waals surface area contributed by atoms with E-state index in [0.717, 1.165) is 16.9 Å². The van der Waals surface area contributed by atoms with Crippen LogP contribution in [0.4, 0.5) is 0 Å². The highest BCUT2D eigenvalue weighted by Gasteiger charge is 2.13.